The molecular weight excluding hydrogens is 370 g/mol. The summed E-state index contributed by atoms with van der Waals surface area (Å²) in [5.41, 5.74) is 0. The Balaban J connectivity index is 0. The van der Waals surface area contributed by atoms with Crippen LogP contribution in [0.3, 0.4) is 0 Å². The van der Waals surface area contributed by atoms with Crippen LogP contribution in [0.1, 0.15) is 9.99 Å². The Kier molecular flexibility index (Phi) is 2400. The maximum absolute atomic E-state index is 0. The maximum Gasteiger partial charge on any atom is 3.00 e. The number of rotatable bonds is 0. The minimum Gasteiger partial charge on any atom is -1.00 e. The zero-order chi connectivity index (χ0) is 0. The summed E-state index contributed by atoms with van der Waals surface area (Å²) in [5, 5.41) is 0. The van der Waals surface area contributed by atoms with Gasteiger partial charge in [-0.15, -0.1) is 0 Å². The number of hydrogen-bond acceptors (Lipinski definition) is 0. The molecule has 0 bridgehead atoms. The molecule has 0 aromatic rings. The molecule has 0 saturated heterocycles. The van der Waals surface area contributed by atoms with Gasteiger partial charge in [-0.25, -0.2) is 0 Å². The van der Waals surface area contributed by atoms with Gasteiger partial charge in [0, 0.05) is 0 Å². The average Bonchev–Trinajstić information content (AvgIpc) is 0. The van der Waals surface area contributed by atoms with Gasteiger partial charge in [0.15, 0.2) is 0 Å². The van der Waals surface area contributed by atoms with Gasteiger partial charge < -0.3 is 96.8 Å². The van der Waals surface area contributed by atoms with Crippen LogP contribution in [0.4, 0.5) is 0 Å². The van der Waals surface area contributed by atoms with Crippen LogP contribution in [-0.2, 0) is 0 Å². The molecule has 0 spiro atoms. The van der Waals surface area contributed by atoms with Crippen LogP contribution in [-0.4, -0.2) is 69.4 Å². The first-order chi connectivity index (χ1) is 0. The first-order valence-electron chi connectivity index (χ1n) is 0. The van der Waals surface area contributed by atoms with Crippen molar-refractivity contribution >= 4 is 69.4 Å². The van der Waals surface area contributed by atoms with Crippen LogP contribution in [0.25, 0.3) is 0 Å². The van der Waals surface area contributed by atoms with Crippen molar-refractivity contribution in [2.24, 2.45) is 0 Å². The van der Waals surface area contributed by atoms with E-state index in [1.165, 1.54) is 0 Å². The van der Waals surface area contributed by atoms with E-state index >= 15 is 0 Å². The van der Waals surface area contributed by atoms with Gasteiger partial charge in [0.2, 0.25) is 0 Å². The molecule has 0 nitrogen and oxygen atoms in total. The summed E-state index contributed by atoms with van der Waals surface area (Å²) in [5.74, 6) is 0. The van der Waals surface area contributed by atoms with Crippen LogP contribution >= 0.6 is 0 Å². The normalized spacial score (nSPS) is 0. The fraction of sp³-hybridized carbons (Fsp3) is 0. The Bertz CT molecular complexity index is 37.1. The third-order valence-corrected chi connectivity index (χ3v) is 0. The number of halogens is 7. The van der Waals surface area contributed by atoms with Crippen molar-refractivity contribution in [3.05, 3.63) is 0 Å². The van der Waals surface area contributed by atoms with E-state index in [1.54, 1.807) is 0 Å². The van der Waals surface area contributed by atoms with Crippen LogP contribution in [0, 0.1) is 0 Å². The van der Waals surface area contributed by atoms with Gasteiger partial charge in [-0.1, -0.05) is 0 Å². The monoisotopic (exact) mass is 374 g/mol. The Hall–Kier alpha value is 5.35. The molecule has 0 atom stereocenters. The SMILES string of the molecule is [Al+3].[Al+3].[Al+3].[Al+3].[Cl-].[Cl-].[Cl-].[Cl-].[Cl-].[Cl-].[Cl-].[H-].[H-].[H-].[H-].[H-].[H-].[H-].[Li+].[Li+]. The van der Waals surface area contributed by atoms with Gasteiger partial charge in [-0.3, -0.25) is 0 Å². The van der Waals surface area contributed by atoms with Gasteiger partial charge in [0.25, 0.3) is 0 Å². The van der Waals surface area contributed by atoms with E-state index in [2.05, 4.69) is 0 Å². The molecule has 0 amide bonds. The molecule has 0 aliphatic carbocycles. The van der Waals surface area contributed by atoms with E-state index in [0.29, 0.717) is 0 Å². The summed E-state index contributed by atoms with van der Waals surface area (Å²) >= 11 is 0. The van der Waals surface area contributed by atoms with E-state index in [9.17, 15) is 0 Å². The molecule has 0 N–H and O–H groups in total. The van der Waals surface area contributed by atoms with Crippen molar-refractivity contribution in [1.29, 1.82) is 0 Å². The molecule has 0 aromatic carbocycles. The van der Waals surface area contributed by atoms with Crippen molar-refractivity contribution in [2.45, 2.75) is 0 Å². The molecule has 0 saturated carbocycles. The Morgan fingerprint density at radius 1 is 0.308 bits per heavy atom. The standard InChI is InChI=1S/4Al.7ClH.2Li.7H/h;;;;7*1H;;;;;;;;;/q4*+3;;;;;;;;2*+1;7*-1/p-7. The largest absolute Gasteiger partial charge is 3.00 e. The van der Waals surface area contributed by atoms with Crippen LogP contribution in [0.2, 0.25) is 0 Å². The van der Waals surface area contributed by atoms with Crippen molar-refractivity contribution in [1.82, 2.24) is 0 Å². The van der Waals surface area contributed by atoms with Gasteiger partial charge in [0.05, 0.1) is 0 Å². The summed E-state index contributed by atoms with van der Waals surface area (Å²) in [4.78, 5) is 0. The Morgan fingerprint density at radius 2 is 0.308 bits per heavy atom. The molecule has 0 heterocycles. The molecule has 70 valence electrons. The topological polar surface area (TPSA) is 0 Å². The van der Waals surface area contributed by atoms with Crippen molar-refractivity contribution < 1.29 is 135 Å². The fourth-order valence-electron chi connectivity index (χ4n) is 0. The van der Waals surface area contributed by atoms with E-state index < -0.39 is 0 Å². The van der Waals surface area contributed by atoms with Gasteiger partial charge >= 0.3 is 107 Å². The van der Waals surface area contributed by atoms with Gasteiger partial charge in [0.1, 0.15) is 0 Å². The molecule has 0 radical (unpaired) electrons. The third-order valence-electron chi connectivity index (χ3n) is 0. The molecule has 0 aliphatic rings. The summed E-state index contributed by atoms with van der Waals surface area (Å²) in [6, 6.07) is 0. The zero-order valence-electron chi connectivity index (χ0n) is 14.0. The fourth-order valence-corrected chi connectivity index (χ4v) is 0. The molecule has 0 rings (SSSR count). The smallest absolute Gasteiger partial charge is 1.00 e. The second kappa shape index (κ2) is 162. The van der Waals surface area contributed by atoms with Crippen LogP contribution in [0.5, 0.6) is 0 Å². The molecule has 0 aromatic heterocycles. The predicted molar refractivity (Wildman–Crippen MR) is 30.8 cm³/mol. The van der Waals surface area contributed by atoms with Crippen molar-refractivity contribution in [3.8, 4) is 0 Å². The van der Waals surface area contributed by atoms with Crippen molar-refractivity contribution in [3.63, 3.8) is 0 Å². The summed E-state index contributed by atoms with van der Waals surface area (Å²) in [6.07, 6.45) is 0. The van der Waals surface area contributed by atoms with E-state index in [4.69, 9.17) is 0 Å². The van der Waals surface area contributed by atoms with E-state index in [0.717, 1.165) is 0 Å². The maximum atomic E-state index is 0. The Labute approximate surface area is 201 Å². The molecule has 0 aliphatic heterocycles. The summed E-state index contributed by atoms with van der Waals surface area (Å²) in [7, 11) is 0. The predicted octanol–water partition coefficient (Wildman–Crippen LogP) is -27.7. The summed E-state index contributed by atoms with van der Waals surface area (Å²) in [6.45, 7) is 0. The zero-order valence-corrected chi connectivity index (χ0v) is 16.9. The first-order valence-corrected chi connectivity index (χ1v) is 0. The van der Waals surface area contributed by atoms with E-state index in [-0.39, 0.29) is 204 Å². The minimum absolute atomic E-state index is 0. The summed E-state index contributed by atoms with van der Waals surface area (Å²) < 4.78 is 0. The molecular formula is H7Al4Cl7Li2. The second-order valence-corrected chi connectivity index (χ2v) is 0. The quantitative estimate of drug-likeness (QED) is 0.368. The van der Waals surface area contributed by atoms with Crippen molar-refractivity contribution in [2.75, 3.05) is 0 Å². The number of hydrogen-bond donors (Lipinski definition) is 0. The van der Waals surface area contributed by atoms with Gasteiger partial charge in [-0.2, -0.15) is 0 Å². The Morgan fingerprint density at radius 3 is 0.308 bits per heavy atom. The first kappa shape index (κ1) is 193. The average molecular weight is 377 g/mol. The third kappa shape index (κ3) is 143. The molecule has 13 heavy (non-hydrogen) atoms. The van der Waals surface area contributed by atoms with E-state index in [1.807, 2.05) is 0 Å². The second-order valence-electron chi connectivity index (χ2n) is 0. The van der Waals surface area contributed by atoms with Crippen LogP contribution in [0.15, 0.2) is 0 Å². The van der Waals surface area contributed by atoms with Crippen LogP contribution < -0.4 is 125 Å². The molecule has 0 fully saturated rings. The minimum atomic E-state index is 0. The molecule has 13 heteroatoms. The van der Waals surface area contributed by atoms with Gasteiger partial charge in [-0.05, 0) is 0 Å². The molecule has 0 unspecified atom stereocenters.